The fourth-order valence-corrected chi connectivity index (χ4v) is 3.10. The van der Waals surface area contributed by atoms with Crippen LogP contribution in [0.3, 0.4) is 0 Å². The number of anilines is 3. The predicted octanol–water partition coefficient (Wildman–Crippen LogP) is 2.97. The summed E-state index contributed by atoms with van der Waals surface area (Å²) in [6, 6.07) is 16.9. The highest BCUT2D eigenvalue weighted by Crippen LogP contribution is 2.25. The smallest absolute Gasteiger partial charge is 0.273 e. The van der Waals surface area contributed by atoms with Crippen LogP contribution in [0.2, 0.25) is 0 Å². The van der Waals surface area contributed by atoms with Crippen LogP contribution >= 0.6 is 0 Å². The zero-order valence-electron chi connectivity index (χ0n) is 14.8. The van der Waals surface area contributed by atoms with Crippen molar-refractivity contribution >= 4 is 23.4 Å². The third kappa shape index (κ3) is 3.52. The van der Waals surface area contributed by atoms with Crippen molar-refractivity contribution in [3.8, 4) is 5.75 Å². The van der Waals surface area contributed by atoms with Gasteiger partial charge in [0, 0.05) is 30.9 Å². The Morgan fingerprint density at radius 2 is 1.81 bits per heavy atom. The minimum Gasteiger partial charge on any atom is -0.497 e. The molecular formula is C20H19N5O2. The number of carbonyl (C=O) groups is 1. The molecular weight excluding hydrogens is 342 g/mol. The molecule has 0 unspecified atom stereocenters. The van der Waals surface area contributed by atoms with Gasteiger partial charge in [-0.15, -0.1) is 0 Å². The van der Waals surface area contributed by atoms with Gasteiger partial charge in [-0.1, -0.05) is 30.3 Å². The molecule has 1 aromatic heterocycles. The maximum absolute atomic E-state index is 12.9. The normalized spacial score (nSPS) is 12.6. The van der Waals surface area contributed by atoms with Crippen LogP contribution in [0.15, 0.2) is 54.6 Å². The molecule has 136 valence electrons. The van der Waals surface area contributed by atoms with Crippen LogP contribution in [0.25, 0.3) is 0 Å². The van der Waals surface area contributed by atoms with E-state index in [0.717, 1.165) is 16.8 Å². The van der Waals surface area contributed by atoms with E-state index in [1.54, 1.807) is 12.0 Å². The average molecular weight is 361 g/mol. The van der Waals surface area contributed by atoms with Gasteiger partial charge in [0.05, 0.1) is 7.11 Å². The first-order valence-electron chi connectivity index (χ1n) is 8.54. The number of methoxy groups -OCH3 is 1. The minimum atomic E-state index is -0.172. The number of nitrogens with zero attached hydrogens (tertiary/aromatic N) is 3. The standard InChI is InChI=1S/C20H19N5O2/c1-27-16-8-4-7-15(9-16)22-20-23-17(10-18(21)24-20)19(26)25-11-13-5-2-3-6-14(13)12-25/h2-10H,11-12H2,1H3,(H3,21,22,23,24). The molecule has 27 heavy (non-hydrogen) atoms. The Bertz CT molecular complexity index is 980. The quantitative estimate of drug-likeness (QED) is 0.742. The Labute approximate surface area is 156 Å². The first kappa shape index (κ1) is 16.8. The molecule has 7 nitrogen and oxygen atoms in total. The van der Waals surface area contributed by atoms with Gasteiger partial charge in [-0.3, -0.25) is 4.79 Å². The molecule has 1 aliphatic rings. The summed E-state index contributed by atoms with van der Waals surface area (Å²) in [6.45, 7) is 1.13. The van der Waals surface area contributed by atoms with Crippen molar-refractivity contribution in [1.82, 2.24) is 14.9 Å². The van der Waals surface area contributed by atoms with Gasteiger partial charge in [0.2, 0.25) is 5.95 Å². The highest BCUT2D eigenvalue weighted by Gasteiger charge is 2.25. The fourth-order valence-electron chi connectivity index (χ4n) is 3.10. The largest absolute Gasteiger partial charge is 0.497 e. The van der Waals surface area contributed by atoms with E-state index in [9.17, 15) is 4.79 Å². The number of rotatable bonds is 4. The van der Waals surface area contributed by atoms with Gasteiger partial charge in [-0.2, -0.15) is 4.98 Å². The summed E-state index contributed by atoms with van der Waals surface area (Å²) in [5.74, 6) is 1.03. The van der Waals surface area contributed by atoms with Crippen molar-refractivity contribution in [2.45, 2.75) is 13.1 Å². The zero-order chi connectivity index (χ0) is 18.8. The maximum atomic E-state index is 12.9. The van der Waals surface area contributed by atoms with Crippen LogP contribution in [-0.2, 0) is 13.1 Å². The maximum Gasteiger partial charge on any atom is 0.273 e. The van der Waals surface area contributed by atoms with Gasteiger partial charge in [-0.05, 0) is 23.3 Å². The van der Waals surface area contributed by atoms with Crippen molar-refractivity contribution in [2.24, 2.45) is 0 Å². The molecule has 0 saturated heterocycles. The van der Waals surface area contributed by atoms with Crippen LogP contribution in [0, 0.1) is 0 Å². The van der Waals surface area contributed by atoms with Crippen LogP contribution in [0.5, 0.6) is 5.75 Å². The van der Waals surface area contributed by atoms with E-state index in [1.165, 1.54) is 6.07 Å². The Balaban J connectivity index is 1.56. The average Bonchev–Trinajstić information content (AvgIpc) is 3.11. The molecule has 0 fully saturated rings. The molecule has 3 N–H and O–H groups in total. The van der Waals surface area contributed by atoms with Gasteiger partial charge in [-0.25, -0.2) is 4.98 Å². The number of nitrogens with two attached hydrogens (primary N) is 1. The van der Waals surface area contributed by atoms with E-state index in [1.807, 2.05) is 48.5 Å². The topological polar surface area (TPSA) is 93.4 Å². The number of nitrogen functional groups attached to an aromatic ring is 1. The molecule has 0 spiro atoms. The molecule has 0 saturated carbocycles. The molecule has 0 aliphatic carbocycles. The molecule has 2 heterocycles. The van der Waals surface area contributed by atoms with E-state index in [2.05, 4.69) is 15.3 Å². The zero-order valence-corrected chi connectivity index (χ0v) is 14.8. The summed E-state index contributed by atoms with van der Waals surface area (Å²) in [7, 11) is 1.60. The Morgan fingerprint density at radius 1 is 1.07 bits per heavy atom. The number of ether oxygens (including phenoxy) is 1. The van der Waals surface area contributed by atoms with Gasteiger partial charge < -0.3 is 20.7 Å². The molecule has 0 bridgehead atoms. The SMILES string of the molecule is COc1cccc(Nc2nc(N)cc(C(=O)N3Cc4ccccc4C3)n2)c1. The highest BCUT2D eigenvalue weighted by atomic mass is 16.5. The van der Waals surface area contributed by atoms with Crippen molar-refractivity contribution in [3.05, 3.63) is 71.4 Å². The van der Waals surface area contributed by atoms with E-state index < -0.39 is 0 Å². The number of fused-ring (bicyclic) bond motifs is 1. The number of hydrogen-bond acceptors (Lipinski definition) is 6. The predicted molar refractivity (Wildman–Crippen MR) is 103 cm³/mol. The number of amides is 1. The van der Waals surface area contributed by atoms with Gasteiger partial charge in [0.15, 0.2) is 0 Å². The molecule has 2 aromatic carbocycles. The Hall–Kier alpha value is -3.61. The lowest BCUT2D eigenvalue weighted by atomic mass is 10.1. The second-order valence-electron chi connectivity index (χ2n) is 6.29. The first-order chi connectivity index (χ1) is 13.1. The van der Waals surface area contributed by atoms with E-state index in [-0.39, 0.29) is 23.4 Å². The number of hydrogen-bond donors (Lipinski definition) is 2. The summed E-state index contributed by atoms with van der Waals surface area (Å²) < 4.78 is 5.21. The van der Waals surface area contributed by atoms with Crippen molar-refractivity contribution in [1.29, 1.82) is 0 Å². The van der Waals surface area contributed by atoms with Gasteiger partial charge in [0.1, 0.15) is 17.3 Å². The molecule has 4 rings (SSSR count). The molecule has 1 amide bonds. The summed E-state index contributed by atoms with van der Waals surface area (Å²) in [5.41, 5.74) is 9.22. The summed E-state index contributed by atoms with van der Waals surface area (Å²) >= 11 is 0. The van der Waals surface area contributed by atoms with Crippen LogP contribution in [-0.4, -0.2) is 27.9 Å². The fraction of sp³-hybridized carbons (Fsp3) is 0.150. The van der Waals surface area contributed by atoms with E-state index in [0.29, 0.717) is 18.8 Å². The highest BCUT2D eigenvalue weighted by molar-refractivity contribution is 5.93. The van der Waals surface area contributed by atoms with Gasteiger partial charge in [0.25, 0.3) is 5.91 Å². The van der Waals surface area contributed by atoms with Crippen molar-refractivity contribution < 1.29 is 9.53 Å². The number of nitrogens with one attached hydrogen (secondary N) is 1. The lowest BCUT2D eigenvalue weighted by molar-refractivity contribution is 0.0745. The molecule has 3 aromatic rings. The lowest BCUT2D eigenvalue weighted by Crippen LogP contribution is -2.26. The lowest BCUT2D eigenvalue weighted by Gasteiger charge is -2.16. The third-order valence-electron chi connectivity index (χ3n) is 4.42. The summed E-state index contributed by atoms with van der Waals surface area (Å²) in [4.78, 5) is 23.2. The molecule has 0 atom stereocenters. The summed E-state index contributed by atoms with van der Waals surface area (Å²) in [6.07, 6.45) is 0. The summed E-state index contributed by atoms with van der Waals surface area (Å²) in [5, 5.41) is 3.07. The van der Waals surface area contributed by atoms with Crippen molar-refractivity contribution in [2.75, 3.05) is 18.2 Å². The van der Waals surface area contributed by atoms with E-state index in [4.69, 9.17) is 10.5 Å². The van der Waals surface area contributed by atoms with Crippen LogP contribution < -0.4 is 15.8 Å². The number of aromatic nitrogens is 2. The first-order valence-corrected chi connectivity index (χ1v) is 8.54. The Morgan fingerprint density at radius 3 is 2.52 bits per heavy atom. The molecule has 0 radical (unpaired) electrons. The number of carbonyl (C=O) groups excluding carboxylic acids is 1. The third-order valence-corrected chi connectivity index (χ3v) is 4.42. The van der Waals surface area contributed by atoms with Crippen LogP contribution in [0.1, 0.15) is 21.6 Å². The molecule has 1 aliphatic heterocycles. The monoisotopic (exact) mass is 361 g/mol. The second-order valence-corrected chi connectivity index (χ2v) is 6.29. The second kappa shape index (κ2) is 6.95. The number of benzene rings is 2. The van der Waals surface area contributed by atoms with Gasteiger partial charge >= 0.3 is 0 Å². The van der Waals surface area contributed by atoms with Crippen molar-refractivity contribution in [3.63, 3.8) is 0 Å². The van der Waals surface area contributed by atoms with E-state index >= 15 is 0 Å². The Kier molecular flexibility index (Phi) is 4.33. The minimum absolute atomic E-state index is 0.172. The molecule has 7 heteroatoms. The van der Waals surface area contributed by atoms with Crippen LogP contribution in [0.4, 0.5) is 17.5 Å².